The van der Waals surface area contributed by atoms with Crippen LogP contribution in [0.2, 0.25) is 0 Å². The maximum absolute atomic E-state index is 13.9. The summed E-state index contributed by atoms with van der Waals surface area (Å²) in [6.07, 6.45) is -31.3. The van der Waals surface area contributed by atoms with Crippen LogP contribution in [0.25, 0.3) is 0 Å². The maximum atomic E-state index is 13.9. The van der Waals surface area contributed by atoms with E-state index < -0.39 is 302 Å². The molecule has 39 nitrogen and oxygen atoms in total. The predicted molar refractivity (Wildman–Crippen MR) is 468 cm³/mol. The van der Waals surface area contributed by atoms with Crippen LogP contribution < -0.4 is 56.8 Å². The van der Waals surface area contributed by atoms with Gasteiger partial charge in [0.1, 0.15) is 76.0 Å². The Hall–Kier alpha value is -10.9. The van der Waals surface area contributed by atoms with E-state index in [-0.39, 0.29) is 106 Å². The Morgan fingerprint density at radius 2 is 0.710 bits per heavy atom. The molecule has 24 rings (SSSR count). The standard InChI is InChI=1S/3C32H32O13S/c3*1-37-19-6-13(7-20(38-2)25(19)33)23-14-8-17-18(42-12-41-17)9-15(14)28(16-10-39-30(36)24(16)23)44-32-27(35)26(34)29-21(43-32)11-40-31(45-29)22-4-3-5-46-22/h3*3-9,16,21,23-24,26-29,31-35H,10-12H2,1-2H3/t3*16-,21+,23+,24-,26+,27+,28+,29+,31+,32-/m000/s1/i1D3,2D3,10D2,11D2,23D;1D3,2D3,10D2,11D2;12D2. The molecule has 138 heavy (non-hydrogen) atoms. The van der Waals surface area contributed by atoms with Crippen molar-refractivity contribution in [3.8, 4) is 86.2 Å². The van der Waals surface area contributed by atoms with Crippen molar-refractivity contribution in [2.75, 3.05) is 102 Å². The predicted octanol–water partition coefficient (Wildman–Crippen LogP) is 8.26. The number of fused-ring (bicyclic) bond motifs is 12. The van der Waals surface area contributed by atoms with Gasteiger partial charge in [0.15, 0.2) is 107 Å². The molecular weight excluding hydrogens is 1870 g/mol. The van der Waals surface area contributed by atoms with Crippen LogP contribution in [0.3, 0.4) is 0 Å². The number of benzene rings is 6. The van der Waals surface area contributed by atoms with Crippen LogP contribution in [0.4, 0.5) is 0 Å². The topological polar surface area (TPSA) is 482 Å². The SMILES string of the molecule is [2H]C([2H])([2H])Oc1cc([C@@H]2c3cc4c(cc3[C@@H](O[C@@H]3O[C@H]5[C@@H](O[C@H](c6cccs6)OC5([2H])[2H])[C@H](O)[C@H]3O)[C@@H]3[C@@H]2C(=O)OC3([2H])[2H])OCO4)cc(OC([2H])([2H])[2H])c1O.[2H]C([2H])([2H])Oc1cc([C@]2([2H])c3cc4c(cc3[C@@H](O[C@@H]3O[C@H]5[C@@H](O[C@H](c6cccs6)OC5([2H])[2H])[C@H](O)[C@H]3O)[C@@H]3[C@@H]2C(=O)OC3([2H])[2H])OCO4)cc(OC([2H])([2H])[2H])c1O.[2H]C1([2H])Oc2cc3c(cc2O1)[C@@H](O[C@@H]1O[C@@H]2CO[C@@H](c4cccs4)O[C@H]2[C@H](O)[C@H]1O)[C@H]1COC(=O)[C@@H]1[C@@H]3c1cc(OC)c(O)c(OC)c1. The number of hydrogen-bond donors (Lipinski definition) is 9. The van der Waals surface area contributed by atoms with Gasteiger partial charge in [-0.3, -0.25) is 14.4 Å². The minimum Gasteiger partial charge on any atom is -0.502 e. The van der Waals surface area contributed by atoms with Gasteiger partial charge in [0, 0.05) is 36.9 Å². The lowest BCUT2D eigenvalue weighted by molar-refractivity contribution is -0.368. The molecule has 0 saturated carbocycles. The molecule has 0 amide bonds. The summed E-state index contributed by atoms with van der Waals surface area (Å²) in [4.78, 5) is 43.0. The second kappa shape index (κ2) is 37.6. The number of ether oxygens (including phenoxy) is 27. The molecule has 0 spiro atoms. The number of cyclic esters (lactones) is 3. The highest BCUT2D eigenvalue weighted by Gasteiger charge is 2.62. The van der Waals surface area contributed by atoms with Crippen molar-refractivity contribution < 1.29 is 220 Å². The molecule has 0 unspecified atom stereocenters. The first-order valence-corrected chi connectivity index (χ1v) is 45.4. The second-order valence-electron chi connectivity index (χ2n) is 33.7. The van der Waals surface area contributed by atoms with Gasteiger partial charge in [0.2, 0.25) is 37.6 Å². The van der Waals surface area contributed by atoms with Crippen molar-refractivity contribution in [3.63, 3.8) is 0 Å². The fraction of sp³-hybridized carbons (Fsp3) is 0.469. The quantitative estimate of drug-likeness (QED) is 0.0288. The second-order valence-corrected chi connectivity index (χ2v) is 36.6. The third-order valence-corrected chi connectivity index (χ3v) is 29.0. The number of phenols is 3. The van der Waals surface area contributed by atoms with Gasteiger partial charge >= 0.3 is 17.9 Å². The van der Waals surface area contributed by atoms with Crippen molar-refractivity contribution in [2.45, 2.75) is 147 Å². The third kappa shape index (κ3) is 16.1. The minimum absolute atomic E-state index is 0.0332. The van der Waals surface area contributed by atoms with Crippen molar-refractivity contribution >= 4 is 51.9 Å². The molecule has 3 aromatic heterocycles. The van der Waals surface area contributed by atoms with Gasteiger partial charge < -0.3 is 174 Å². The van der Waals surface area contributed by atoms with E-state index in [0.29, 0.717) is 26.4 Å². The highest BCUT2D eigenvalue weighted by atomic mass is 32.1. The summed E-state index contributed by atoms with van der Waals surface area (Å²) in [6, 6.07) is 25.9. The lowest BCUT2D eigenvalue weighted by atomic mass is 9.66. The van der Waals surface area contributed by atoms with Gasteiger partial charge in [0.05, 0.1) is 160 Å². The highest BCUT2D eigenvalue weighted by Crippen LogP contribution is 2.63. The van der Waals surface area contributed by atoms with Crippen molar-refractivity contribution in [2.24, 2.45) is 35.5 Å². The smallest absolute Gasteiger partial charge is 0.310 e. The highest BCUT2D eigenvalue weighted by molar-refractivity contribution is 7.10. The number of hydrogen-bond acceptors (Lipinski definition) is 42. The molecule has 42 heteroatoms. The first kappa shape index (κ1) is 69.0. The van der Waals surface area contributed by atoms with E-state index in [1.807, 2.05) is 17.5 Å². The minimum atomic E-state index is -3.23. The first-order chi connectivity index (χ1) is 75.7. The van der Waals surface area contributed by atoms with E-state index in [2.05, 4.69) is 0 Å². The summed E-state index contributed by atoms with van der Waals surface area (Å²) >= 11 is 3.85. The number of phenolic OH excluding ortho intramolecular Hbond substituents is 3. The molecule has 30 atom stereocenters. The van der Waals surface area contributed by atoms with E-state index in [9.17, 15) is 61.7 Å². The van der Waals surface area contributed by atoms with Crippen LogP contribution in [-0.2, 0) is 85.4 Å². The van der Waals surface area contributed by atoms with E-state index in [0.717, 1.165) is 29.1 Å². The maximum Gasteiger partial charge on any atom is 0.310 e. The lowest BCUT2D eigenvalue weighted by Crippen LogP contribution is -2.62. The summed E-state index contributed by atoms with van der Waals surface area (Å²) in [5.74, 6) is -20.7. The Labute approximate surface area is 829 Å². The number of aliphatic hydroxyl groups excluding tert-OH is 6. The van der Waals surface area contributed by atoms with Crippen LogP contribution in [0.15, 0.2) is 125 Å². The molecule has 3 aliphatic carbocycles. The molecule has 9 N–H and O–H groups in total. The number of aliphatic hydroxyl groups is 6. The average molecular weight is 1990 g/mol. The van der Waals surface area contributed by atoms with Gasteiger partial charge in [-0.25, -0.2) is 0 Å². The number of carbonyl (C=O) groups is 3. The average Bonchev–Trinajstić information content (AvgIpc) is 1.56. The fourth-order valence-corrected chi connectivity index (χ4v) is 22.0. The summed E-state index contributed by atoms with van der Waals surface area (Å²) in [5.41, 5.74) is 0.988. The molecule has 9 fully saturated rings. The zero-order chi connectivity index (χ0) is 115. The van der Waals surface area contributed by atoms with Gasteiger partial charge in [0.25, 0.3) is 0 Å². The van der Waals surface area contributed by atoms with E-state index >= 15 is 0 Å². The molecule has 0 bridgehead atoms. The number of carbonyl (C=O) groups excluding carboxylic acids is 3. The Balaban J connectivity index is 0.000000135. The van der Waals surface area contributed by atoms with Gasteiger partial charge in [-0.2, -0.15) is 0 Å². The molecule has 6 aromatic carbocycles. The van der Waals surface area contributed by atoms with Crippen molar-refractivity contribution in [3.05, 3.63) is 190 Å². The largest absolute Gasteiger partial charge is 0.502 e. The summed E-state index contributed by atoms with van der Waals surface area (Å²) < 4.78 is 340. The zero-order valence-electron chi connectivity index (χ0n) is 94.2. The first-order valence-electron chi connectivity index (χ1n) is 54.2. The van der Waals surface area contributed by atoms with Gasteiger partial charge in [-0.05, 0) is 157 Å². The van der Waals surface area contributed by atoms with Crippen LogP contribution in [-0.4, -0.2) is 258 Å². The normalized spacial score (nSPS) is 39.5. The Bertz CT molecular complexity index is 7000. The Morgan fingerprint density at radius 3 is 1.13 bits per heavy atom. The van der Waals surface area contributed by atoms with E-state index in [1.165, 1.54) is 72.5 Å². The van der Waals surface area contributed by atoms with Crippen molar-refractivity contribution in [1.82, 2.24) is 0 Å². The summed E-state index contributed by atoms with van der Waals surface area (Å²) in [5, 5.41) is 106. The van der Waals surface area contributed by atoms with Crippen LogP contribution in [0.1, 0.15) is 151 Å². The van der Waals surface area contributed by atoms with Crippen molar-refractivity contribution in [1.29, 1.82) is 0 Å². The molecule has 15 heterocycles. The molecule has 0 radical (unpaired) electrons. The van der Waals surface area contributed by atoms with E-state index in [4.69, 9.17) is 158 Å². The van der Waals surface area contributed by atoms with Gasteiger partial charge in [-0.1, -0.05) is 18.2 Å². The Morgan fingerprint density at radius 1 is 0.362 bits per heavy atom. The van der Waals surface area contributed by atoms with Crippen LogP contribution in [0.5, 0.6) is 86.2 Å². The van der Waals surface area contributed by atoms with Crippen LogP contribution >= 0.6 is 34.0 Å². The zero-order valence-corrected chi connectivity index (χ0v) is 73.6. The third-order valence-electron chi connectivity index (χ3n) is 26.3. The number of esters is 3. The fourth-order valence-electron chi connectivity index (χ4n) is 19.9. The molecule has 732 valence electrons. The summed E-state index contributed by atoms with van der Waals surface area (Å²) in [6.45, 7) is -14.0. The number of methoxy groups -OCH3 is 6. The number of rotatable bonds is 18. The summed E-state index contributed by atoms with van der Waals surface area (Å²) in [7, 11) is -10.00. The molecule has 12 aliphatic heterocycles. The van der Waals surface area contributed by atoms with Crippen LogP contribution in [0, 0.1) is 35.5 Å². The van der Waals surface area contributed by atoms with E-state index in [1.54, 1.807) is 59.3 Å². The molecule has 9 aromatic rings. The van der Waals surface area contributed by atoms with Gasteiger partial charge in [-0.15, -0.1) is 34.0 Å². The lowest BCUT2D eigenvalue weighted by Gasteiger charge is -2.48. The molecule has 9 saturated heterocycles. The number of aromatic hydroxyl groups is 3. The molecule has 15 aliphatic rings. The Kier molecular flexibility index (Phi) is 18.8. The molecular formula is C96H96O39S3. The number of thiophene rings is 3. The monoisotopic (exact) mass is 1990 g/mol.